The minimum atomic E-state index is -0.146. The van der Waals surface area contributed by atoms with Crippen LogP contribution in [0.2, 0.25) is 0 Å². The number of benzene rings is 2. The van der Waals surface area contributed by atoms with Gasteiger partial charge in [-0.05, 0) is 49.5 Å². The molecule has 3 heteroatoms. The van der Waals surface area contributed by atoms with Gasteiger partial charge in [0.2, 0.25) is 0 Å². The van der Waals surface area contributed by atoms with Crippen molar-refractivity contribution in [2.24, 2.45) is 0 Å². The minimum Gasteiger partial charge on any atom is -0.489 e. The molecule has 1 N–H and O–H groups in total. The Morgan fingerprint density at radius 2 is 1.76 bits per heavy atom. The highest BCUT2D eigenvalue weighted by Gasteiger charge is 2.22. The Kier molecular flexibility index (Phi) is 4.51. The van der Waals surface area contributed by atoms with Crippen LogP contribution in [0.4, 0.5) is 4.39 Å². The number of ether oxygens (including phenoxy) is 1. The largest absolute Gasteiger partial charge is 0.489 e. The van der Waals surface area contributed by atoms with E-state index < -0.39 is 0 Å². The summed E-state index contributed by atoms with van der Waals surface area (Å²) < 4.78 is 20.2. The van der Waals surface area contributed by atoms with E-state index in [2.05, 4.69) is 5.32 Å². The standard InChI is InChI=1S/C18H20FNO/c19-16-7-4-8-17(18(16)15-9-11-20-12-10-15)21-13-14-5-2-1-3-6-14/h1-8,15,20H,9-13H2. The van der Waals surface area contributed by atoms with E-state index in [1.165, 1.54) is 6.07 Å². The van der Waals surface area contributed by atoms with Crippen molar-refractivity contribution in [3.05, 3.63) is 65.5 Å². The molecular weight excluding hydrogens is 265 g/mol. The molecule has 1 fully saturated rings. The lowest BCUT2D eigenvalue weighted by Gasteiger charge is -2.25. The molecule has 1 aliphatic heterocycles. The molecule has 2 aromatic rings. The second kappa shape index (κ2) is 6.72. The Morgan fingerprint density at radius 1 is 1.00 bits per heavy atom. The number of halogens is 1. The highest BCUT2D eigenvalue weighted by molar-refractivity contribution is 5.38. The lowest BCUT2D eigenvalue weighted by Crippen LogP contribution is -2.27. The van der Waals surface area contributed by atoms with Crippen LogP contribution in [0.5, 0.6) is 5.75 Å². The van der Waals surface area contributed by atoms with Gasteiger partial charge in [0, 0.05) is 5.56 Å². The molecule has 0 aliphatic carbocycles. The zero-order chi connectivity index (χ0) is 14.5. The second-order valence-electron chi connectivity index (χ2n) is 5.45. The molecule has 0 spiro atoms. The van der Waals surface area contributed by atoms with Gasteiger partial charge in [0.1, 0.15) is 18.2 Å². The monoisotopic (exact) mass is 285 g/mol. The topological polar surface area (TPSA) is 21.3 Å². The number of piperidine rings is 1. The third-order valence-corrected chi connectivity index (χ3v) is 4.00. The van der Waals surface area contributed by atoms with E-state index in [9.17, 15) is 4.39 Å². The average molecular weight is 285 g/mol. The molecule has 0 aromatic heterocycles. The fourth-order valence-corrected chi connectivity index (χ4v) is 2.89. The zero-order valence-corrected chi connectivity index (χ0v) is 12.0. The fourth-order valence-electron chi connectivity index (χ4n) is 2.89. The van der Waals surface area contributed by atoms with Gasteiger partial charge in [0.15, 0.2) is 0 Å². The van der Waals surface area contributed by atoms with Crippen molar-refractivity contribution in [2.75, 3.05) is 13.1 Å². The van der Waals surface area contributed by atoms with E-state index in [1.807, 2.05) is 36.4 Å². The van der Waals surface area contributed by atoms with E-state index in [4.69, 9.17) is 4.74 Å². The van der Waals surface area contributed by atoms with Crippen molar-refractivity contribution in [3.63, 3.8) is 0 Å². The first-order valence-electron chi connectivity index (χ1n) is 7.50. The lowest BCUT2D eigenvalue weighted by molar-refractivity contribution is 0.294. The highest BCUT2D eigenvalue weighted by Crippen LogP contribution is 2.35. The summed E-state index contributed by atoms with van der Waals surface area (Å²) in [5.74, 6) is 0.788. The fraction of sp³-hybridized carbons (Fsp3) is 0.333. The summed E-state index contributed by atoms with van der Waals surface area (Å²) in [7, 11) is 0. The molecule has 3 rings (SSSR count). The Bertz CT molecular complexity index is 579. The van der Waals surface area contributed by atoms with Gasteiger partial charge < -0.3 is 10.1 Å². The molecular formula is C18H20FNO. The van der Waals surface area contributed by atoms with Crippen LogP contribution < -0.4 is 10.1 Å². The summed E-state index contributed by atoms with van der Waals surface area (Å²) in [4.78, 5) is 0. The van der Waals surface area contributed by atoms with Gasteiger partial charge in [-0.25, -0.2) is 4.39 Å². The van der Waals surface area contributed by atoms with Crippen LogP contribution in [-0.2, 0) is 6.61 Å². The number of hydrogen-bond donors (Lipinski definition) is 1. The first-order chi connectivity index (χ1) is 10.3. The molecule has 0 unspecified atom stereocenters. The normalized spacial score (nSPS) is 15.9. The van der Waals surface area contributed by atoms with Crippen LogP contribution in [0, 0.1) is 5.82 Å². The van der Waals surface area contributed by atoms with E-state index in [0.717, 1.165) is 37.1 Å². The Morgan fingerprint density at radius 3 is 2.52 bits per heavy atom. The second-order valence-corrected chi connectivity index (χ2v) is 5.45. The van der Waals surface area contributed by atoms with Crippen molar-refractivity contribution in [1.82, 2.24) is 5.32 Å². The first-order valence-corrected chi connectivity index (χ1v) is 7.50. The third-order valence-electron chi connectivity index (χ3n) is 4.00. The average Bonchev–Trinajstić information content (AvgIpc) is 2.55. The van der Waals surface area contributed by atoms with Crippen molar-refractivity contribution < 1.29 is 9.13 Å². The van der Waals surface area contributed by atoms with E-state index >= 15 is 0 Å². The van der Waals surface area contributed by atoms with Crippen molar-refractivity contribution in [1.29, 1.82) is 0 Å². The molecule has 0 radical (unpaired) electrons. The molecule has 0 atom stereocenters. The molecule has 2 aromatic carbocycles. The lowest BCUT2D eigenvalue weighted by atomic mass is 9.89. The molecule has 0 saturated carbocycles. The smallest absolute Gasteiger partial charge is 0.130 e. The summed E-state index contributed by atoms with van der Waals surface area (Å²) in [6.07, 6.45) is 1.92. The van der Waals surface area contributed by atoms with E-state index in [0.29, 0.717) is 12.4 Å². The zero-order valence-electron chi connectivity index (χ0n) is 12.0. The van der Waals surface area contributed by atoms with Crippen LogP contribution >= 0.6 is 0 Å². The quantitative estimate of drug-likeness (QED) is 0.920. The van der Waals surface area contributed by atoms with Crippen molar-refractivity contribution in [3.8, 4) is 5.75 Å². The predicted molar refractivity (Wildman–Crippen MR) is 82.0 cm³/mol. The molecule has 0 amide bonds. The van der Waals surface area contributed by atoms with Gasteiger partial charge in [-0.15, -0.1) is 0 Å². The maximum atomic E-state index is 14.3. The summed E-state index contributed by atoms with van der Waals surface area (Å²) >= 11 is 0. The SMILES string of the molecule is Fc1cccc(OCc2ccccc2)c1C1CCNCC1. The predicted octanol–water partition coefficient (Wildman–Crippen LogP) is 3.87. The number of hydrogen-bond acceptors (Lipinski definition) is 2. The van der Waals surface area contributed by atoms with E-state index in [-0.39, 0.29) is 11.7 Å². The maximum absolute atomic E-state index is 14.3. The molecule has 2 nitrogen and oxygen atoms in total. The first kappa shape index (κ1) is 14.1. The van der Waals surface area contributed by atoms with Gasteiger partial charge in [0.25, 0.3) is 0 Å². The molecule has 1 aliphatic rings. The summed E-state index contributed by atoms with van der Waals surface area (Å²) in [5.41, 5.74) is 1.84. The minimum absolute atomic E-state index is 0.146. The summed E-state index contributed by atoms with van der Waals surface area (Å²) in [6, 6.07) is 15.1. The van der Waals surface area contributed by atoms with Gasteiger partial charge in [0.05, 0.1) is 0 Å². The molecule has 1 heterocycles. The van der Waals surface area contributed by atoms with Crippen LogP contribution in [-0.4, -0.2) is 13.1 Å². The number of nitrogens with one attached hydrogen (secondary N) is 1. The van der Waals surface area contributed by atoms with Gasteiger partial charge in [-0.1, -0.05) is 36.4 Å². The Balaban J connectivity index is 1.79. The Labute approximate surface area is 125 Å². The summed E-state index contributed by atoms with van der Waals surface area (Å²) in [6.45, 7) is 2.36. The molecule has 0 bridgehead atoms. The summed E-state index contributed by atoms with van der Waals surface area (Å²) in [5, 5.41) is 3.32. The number of rotatable bonds is 4. The van der Waals surface area contributed by atoms with Gasteiger partial charge in [-0.3, -0.25) is 0 Å². The van der Waals surface area contributed by atoms with Gasteiger partial charge >= 0.3 is 0 Å². The van der Waals surface area contributed by atoms with Gasteiger partial charge in [-0.2, -0.15) is 0 Å². The third kappa shape index (κ3) is 3.42. The van der Waals surface area contributed by atoms with Crippen molar-refractivity contribution in [2.45, 2.75) is 25.4 Å². The van der Waals surface area contributed by atoms with Crippen LogP contribution in [0.25, 0.3) is 0 Å². The van der Waals surface area contributed by atoms with E-state index in [1.54, 1.807) is 6.07 Å². The van der Waals surface area contributed by atoms with Crippen molar-refractivity contribution >= 4 is 0 Å². The van der Waals surface area contributed by atoms with Crippen LogP contribution in [0.3, 0.4) is 0 Å². The molecule has 21 heavy (non-hydrogen) atoms. The molecule has 1 saturated heterocycles. The Hall–Kier alpha value is -1.87. The molecule has 110 valence electrons. The maximum Gasteiger partial charge on any atom is 0.130 e. The highest BCUT2D eigenvalue weighted by atomic mass is 19.1. The van der Waals surface area contributed by atoms with Crippen LogP contribution in [0.15, 0.2) is 48.5 Å². The van der Waals surface area contributed by atoms with Crippen LogP contribution in [0.1, 0.15) is 29.9 Å².